The van der Waals surface area contributed by atoms with Crippen LogP contribution in [0.3, 0.4) is 0 Å². The topological polar surface area (TPSA) is 128 Å². The molecule has 3 aromatic heterocycles. The Morgan fingerprint density at radius 3 is 2.59 bits per heavy atom. The van der Waals surface area contributed by atoms with Crippen molar-refractivity contribution in [2.45, 2.75) is 24.8 Å². The molecule has 10 nitrogen and oxygen atoms in total. The third-order valence-electron chi connectivity index (χ3n) is 3.81. The van der Waals surface area contributed by atoms with Crippen LogP contribution in [0.2, 0.25) is 10.3 Å². The van der Waals surface area contributed by atoms with Crippen molar-refractivity contribution in [1.82, 2.24) is 24.1 Å². The number of halogens is 2. The minimum absolute atomic E-state index is 0.000973. The summed E-state index contributed by atoms with van der Waals surface area (Å²) in [7, 11) is -3.02. The molecule has 0 aliphatic rings. The van der Waals surface area contributed by atoms with Gasteiger partial charge in [-0.1, -0.05) is 43.1 Å². The molecule has 13 heteroatoms. The summed E-state index contributed by atoms with van der Waals surface area (Å²) in [6, 6.07) is 3.68. The number of rotatable bonds is 5. The molecule has 154 valence electrons. The van der Waals surface area contributed by atoms with Crippen molar-refractivity contribution in [1.29, 1.82) is 0 Å². The van der Waals surface area contributed by atoms with Crippen LogP contribution in [0.1, 0.15) is 25.3 Å². The molecule has 0 saturated carbocycles. The second kappa shape index (κ2) is 8.01. The number of sulfonamides is 1. The van der Waals surface area contributed by atoms with Crippen LogP contribution in [0, 0.1) is 0 Å². The molecule has 3 aromatic rings. The highest BCUT2D eigenvalue weighted by atomic mass is 35.5. The monoisotopic (exact) mass is 458 g/mol. The van der Waals surface area contributed by atoms with Crippen LogP contribution in [-0.2, 0) is 10.0 Å². The molecule has 0 bridgehead atoms. The molecule has 0 atom stereocenters. The number of hydrogen-bond donors (Lipinski definition) is 2. The molecule has 0 unspecified atom stereocenters. The SMILES string of the molecule is COc1cc(Cl)nc(NC(=O)NS(=O)(=O)c2c(Cl)nc3ccc(C(C)C)cn23)n1. The molecule has 0 spiro atoms. The van der Waals surface area contributed by atoms with Gasteiger partial charge in [0.25, 0.3) is 10.0 Å². The third kappa shape index (κ3) is 4.52. The van der Waals surface area contributed by atoms with Gasteiger partial charge in [0.1, 0.15) is 10.8 Å². The lowest BCUT2D eigenvalue weighted by Crippen LogP contribution is -2.35. The van der Waals surface area contributed by atoms with E-state index in [0.717, 1.165) is 5.56 Å². The Morgan fingerprint density at radius 1 is 1.21 bits per heavy atom. The number of carbonyl (C=O) groups is 1. The van der Waals surface area contributed by atoms with Gasteiger partial charge in [-0.3, -0.25) is 9.72 Å². The van der Waals surface area contributed by atoms with Gasteiger partial charge in [0.2, 0.25) is 11.8 Å². The van der Waals surface area contributed by atoms with Crippen molar-refractivity contribution in [3.05, 3.63) is 40.3 Å². The zero-order chi connectivity index (χ0) is 21.3. The molecule has 3 heterocycles. The van der Waals surface area contributed by atoms with Gasteiger partial charge >= 0.3 is 6.03 Å². The maximum atomic E-state index is 12.8. The lowest BCUT2D eigenvalue weighted by Gasteiger charge is -2.10. The highest BCUT2D eigenvalue weighted by Gasteiger charge is 2.27. The van der Waals surface area contributed by atoms with E-state index < -0.39 is 16.1 Å². The first-order chi connectivity index (χ1) is 13.6. The number of carbonyl (C=O) groups excluding carboxylic acids is 1. The number of aromatic nitrogens is 4. The number of hydrogen-bond acceptors (Lipinski definition) is 7. The van der Waals surface area contributed by atoms with Crippen LogP contribution < -0.4 is 14.8 Å². The van der Waals surface area contributed by atoms with Crippen LogP contribution in [0.15, 0.2) is 29.4 Å². The standard InChI is InChI=1S/C16H16Cl2N6O4S/c1-8(2)9-4-5-11-20-13(18)14(24(11)7-9)29(26,27)23-16(25)22-15-19-10(17)6-12(21-15)28-3/h4-8H,1-3H3,(H2,19,21,22,23,25). The van der Waals surface area contributed by atoms with E-state index in [4.69, 9.17) is 27.9 Å². The fourth-order valence-corrected chi connectivity index (χ4v) is 4.17. The summed E-state index contributed by atoms with van der Waals surface area (Å²) in [5.74, 6) is -0.00932. The Kier molecular flexibility index (Phi) is 5.82. The van der Waals surface area contributed by atoms with Crippen LogP contribution >= 0.6 is 23.2 Å². The third-order valence-corrected chi connectivity index (χ3v) is 5.73. The Balaban J connectivity index is 1.91. The summed E-state index contributed by atoms with van der Waals surface area (Å²) in [6.07, 6.45) is 1.61. The highest BCUT2D eigenvalue weighted by molar-refractivity contribution is 7.90. The number of amides is 2. The average molecular weight is 459 g/mol. The molecule has 0 fully saturated rings. The number of ether oxygens (including phenoxy) is 1. The van der Waals surface area contributed by atoms with Crippen LogP contribution in [0.25, 0.3) is 5.65 Å². The number of fused-ring (bicyclic) bond motifs is 1. The van der Waals surface area contributed by atoms with Crippen molar-refractivity contribution in [3.63, 3.8) is 0 Å². The van der Waals surface area contributed by atoms with E-state index in [1.807, 2.05) is 24.6 Å². The Bertz CT molecular complexity index is 1200. The minimum Gasteiger partial charge on any atom is -0.481 e. The van der Waals surface area contributed by atoms with Gasteiger partial charge in [0.15, 0.2) is 10.2 Å². The summed E-state index contributed by atoms with van der Waals surface area (Å²) in [6.45, 7) is 3.91. The second-order valence-electron chi connectivity index (χ2n) is 6.17. The minimum atomic E-state index is -4.38. The molecule has 0 aliphatic carbocycles. The molecule has 3 rings (SSSR count). The first kappa shape index (κ1) is 21.1. The molecule has 0 radical (unpaired) electrons. The molecular formula is C16H16Cl2N6O4S. The molecule has 0 aliphatic heterocycles. The number of methoxy groups -OCH3 is 1. The van der Waals surface area contributed by atoms with Gasteiger partial charge in [-0.2, -0.15) is 13.4 Å². The lowest BCUT2D eigenvalue weighted by molar-refractivity contribution is 0.256. The normalized spacial score (nSPS) is 11.7. The van der Waals surface area contributed by atoms with Gasteiger partial charge in [-0.05, 0) is 17.5 Å². The van der Waals surface area contributed by atoms with Crippen molar-refractivity contribution in [2.24, 2.45) is 0 Å². The van der Waals surface area contributed by atoms with E-state index in [0.29, 0.717) is 5.65 Å². The number of imidazole rings is 1. The van der Waals surface area contributed by atoms with Crippen LogP contribution in [0.4, 0.5) is 10.7 Å². The number of nitrogens with zero attached hydrogens (tertiary/aromatic N) is 4. The molecule has 29 heavy (non-hydrogen) atoms. The second-order valence-corrected chi connectivity index (χ2v) is 8.51. The van der Waals surface area contributed by atoms with Crippen molar-refractivity contribution in [2.75, 3.05) is 12.4 Å². The summed E-state index contributed by atoms with van der Waals surface area (Å²) in [5, 5.41) is 1.55. The predicted octanol–water partition coefficient (Wildman–Crippen LogP) is 3.07. The molecule has 2 N–H and O–H groups in total. The summed E-state index contributed by atoms with van der Waals surface area (Å²) >= 11 is 11.8. The van der Waals surface area contributed by atoms with Crippen LogP contribution in [-0.4, -0.2) is 40.9 Å². The molecule has 2 amide bonds. The first-order valence-corrected chi connectivity index (χ1v) is 10.4. The van der Waals surface area contributed by atoms with E-state index in [-0.39, 0.29) is 33.1 Å². The van der Waals surface area contributed by atoms with Crippen molar-refractivity contribution < 1.29 is 17.9 Å². The molecule has 0 aromatic carbocycles. The van der Waals surface area contributed by atoms with Gasteiger partial charge in [-0.15, -0.1) is 0 Å². The zero-order valence-electron chi connectivity index (χ0n) is 15.5. The summed E-state index contributed by atoms with van der Waals surface area (Å²) in [5.41, 5.74) is 1.19. The Labute approximate surface area is 176 Å². The van der Waals surface area contributed by atoms with Crippen molar-refractivity contribution in [3.8, 4) is 5.88 Å². The van der Waals surface area contributed by atoms with E-state index in [1.165, 1.54) is 17.6 Å². The van der Waals surface area contributed by atoms with E-state index in [2.05, 4.69) is 20.3 Å². The van der Waals surface area contributed by atoms with Gasteiger partial charge in [0.05, 0.1) is 7.11 Å². The molecular weight excluding hydrogens is 443 g/mol. The number of pyridine rings is 1. The van der Waals surface area contributed by atoms with E-state index in [1.54, 1.807) is 12.3 Å². The van der Waals surface area contributed by atoms with Gasteiger partial charge < -0.3 is 4.74 Å². The maximum Gasteiger partial charge on any atom is 0.335 e. The first-order valence-electron chi connectivity index (χ1n) is 8.20. The largest absolute Gasteiger partial charge is 0.481 e. The fourth-order valence-electron chi connectivity index (χ4n) is 2.45. The smallest absolute Gasteiger partial charge is 0.335 e. The number of urea groups is 1. The van der Waals surface area contributed by atoms with E-state index in [9.17, 15) is 13.2 Å². The quantitative estimate of drug-likeness (QED) is 0.562. The number of anilines is 1. The highest BCUT2D eigenvalue weighted by Crippen LogP contribution is 2.25. The van der Waals surface area contributed by atoms with Gasteiger partial charge in [0, 0.05) is 12.3 Å². The Hall–Kier alpha value is -2.63. The lowest BCUT2D eigenvalue weighted by atomic mass is 10.1. The van der Waals surface area contributed by atoms with Gasteiger partial charge in [-0.25, -0.2) is 19.5 Å². The zero-order valence-corrected chi connectivity index (χ0v) is 17.8. The maximum absolute atomic E-state index is 12.8. The summed E-state index contributed by atoms with van der Waals surface area (Å²) in [4.78, 5) is 23.9. The van der Waals surface area contributed by atoms with Crippen LogP contribution in [0.5, 0.6) is 5.88 Å². The summed E-state index contributed by atoms with van der Waals surface area (Å²) < 4.78 is 33.7. The van der Waals surface area contributed by atoms with Crippen molar-refractivity contribution >= 4 is 50.9 Å². The fraction of sp³-hybridized carbons (Fsp3) is 0.250. The predicted molar refractivity (Wildman–Crippen MR) is 107 cm³/mol. The van der Waals surface area contributed by atoms with E-state index >= 15 is 0 Å². The number of nitrogens with one attached hydrogen (secondary N) is 2. The Morgan fingerprint density at radius 2 is 1.93 bits per heavy atom. The molecule has 0 saturated heterocycles. The average Bonchev–Trinajstić information content (AvgIpc) is 2.95.